The van der Waals surface area contributed by atoms with Gasteiger partial charge in [-0.25, -0.2) is 8.78 Å². The second kappa shape index (κ2) is 10.7. The molecule has 1 aliphatic heterocycles. The molecule has 196 valence electrons. The van der Waals surface area contributed by atoms with Crippen LogP contribution in [-0.2, 0) is 22.7 Å². The Morgan fingerprint density at radius 3 is 2.68 bits per heavy atom. The number of carbonyl (C=O) groups excluding carboxylic acids is 3. The fourth-order valence-electron chi connectivity index (χ4n) is 4.31. The van der Waals surface area contributed by atoms with Gasteiger partial charge < -0.3 is 25.3 Å². The van der Waals surface area contributed by atoms with Crippen LogP contribution in [0.15, 0.2) is 42.6 Å². The first kappa shape index (κ1) is 26.3. The highest BCUT2D eigenvalue weighted by Gasteiger charge is 2.39. The summed E-state index contributed by atoms with van der Waals surface area (Å²) in [5.41, 5.74) is 5.77. The summed E-state index contributed by atoms with van der Waals surface area (Å²) >= 11 is 5.75. The van der Waals surface area contributed by atoms with Gasteiger partial charge in [-0.1, -0.05) is 23.7 Å². The standard InChI is InChI=1S/C24H21ClF4N4O4/c25-17-3-1-2-12(21(17)27)8-31-23(36)19-6-13(26)9-33(19)20(34)11-32-10-16(22(30)35)15-5-4-14(7-18(15)32)37-24(28)29/h1-5,7,10,13,19,24H,6,8-9,11H2,(H2,30,35)(H,31,36)/t13-,19+/m1/s1. The van der Waals surface area contributed by atoms with Gasteiger partial charge in [-0.15, -0.1) is 0 Å². The molecule has 2 heterocycles. The van der Waals surface area contributed by atoms with Crippen LogP contribution in [0.5, 0.6) is 5.75 Å². The number of primary amides is 1. The van der Waals surface area contributed by atoms with Crippen molar-refractivity contribution < 1.29 is 36.7 Å². The van der Waals surface area contributed by atoms with Crippen LogP contribution in [0.1, 0.15) is 22.3 Å². The summed E-state index contributed by atoms with van der Waals surface area (Å²) in [6, 6.07) is 6.92. The molecule has 0 saturated carbocycles. The van der Waals surface area contributed by atoms with Crippen molar-refractivity contribution in [2.24, 2.45) is 5.73 Å². The van der Waals surface area contributed by atoms with Crippen LogP contribution in [-0.4, -0.2) is 52.6 Å². The first-order chi connectivity index (χ1) is 17.5. The van der Waals surface area contributed by atoms with Crippen molar-refractivity contribution in [3.05, 3.63) is 64.6 Å². The monoisotopic (exact) mass is 540 g/mol. The number of carbonyl (C=O) groups is 3. The van der Waals surface area contributed by atoms with Gasteiger partial charge in [0.2, 0.25) is 11.8 Å². The van der Waals surface area contributed by atoms with Crippen molar-refractivity contribution in [1.29, 1.82) is 0 Å². The third-order valence-electron chi connectivity index (χ3n) is 6.01. The molecule has 1 saturated heterocycles. The molecular formula is C24H21ClF4N4O4. The van der Waals surface area contributed by atoms with Crippen molar-refractivity contribution in [2.75, 3.05) is 6.54 Å². The summed E-state index contributed by atoms with van der Waals surface area (Å²) in [4.78, 5) is 38.9. The summed E-state index contributed by atoms with van der Waals surface area (Å²) in [5, 5.41) is 2.67. The van der Waals surface area contributed by atoms with Crippen LogP contribution in [0.2, 0.25) is 5.02 Å². The molecule has 37 heavy (non-hydrogen) atoms. The molecule has 0 bridgehead atoms. The van der Waals surface area contributed by atoms with Crippen LogP contribution in [0.4, 0.5) is 17.6 Å². The number of hydrogen-bond donors (Lipinski definition) is 2. The smallest absolute Gasteiger partial charge is 0.387 e. The van der Waals surface area contributed by atoms with Crippen LogP contribution in [0.3, 0.4) is 0 Å². The lowest BCUT2D eigenvalue weighted by molar-refractivity contribution is -0.139. The summed E-state index contributed by atoms with van der Waals surface area (Å²) in [6.45, 7) is -4.12. The molecular weight excluding hydrogens is 520 g/mol. The van der Waals surface area contributed by atoms with Crippen LogP contribution in [0.25, 0.3) is 10.9 Å². The van der Waals surface area contributed by atoms with E-state index in [1.165, 1.54) is 47.2 Å². The SMILES string of the molecule is NC(=O)c1cn(CC(=O)N2C[C@H](F)C[C@H]2C(=O)NCc2cccc(Cl)c2F)c2cc(OC(F)F)ccc12. The van der Waals surface area contributed by atoms with Crippen molar-refractivity contribution >= 4 is 40.2 Å². The van der Waals surface area contributed by atoms with E-state index in [9.17, 15) is 31.9 Å². The van der Waals surface area contributed by atoms with Crippen molar-refractivity contribution in [3.63, 3.8) is 0 Å². The van der Waals surface area contributed by atoms with Crippen LogP contribution >= 0.6 is 11.6 Å². The first-order valence-corrected chi connectivity index (χ1v) is 11.4. The number of likely N-dealkylation sites (tertiary alicyclic amines) is 1. The lowest BCUT2D eigenvalue weighted by Gasteiger charge is -2.24. The molecule has 0 spiro atoms. The minimum atomic E-state index is -3.09. The van der Waals surface area contributed by atoms with E-state index in [1.54, 1.807) is 0 Å². The third-order valence-corrected chi connectivity index (χ3v) is 6.30. The van der Waals surface area contributed by atoms with Crippen LogP contribution < -0.4 is 15.8 Å². The quantitative estimate of drug-likeness (QED) is 0.427. The number of hydrogen-bond acceptors (Lipinski definition) is 4. The molecule has 13 heteroatoms. The zero-order valence-electron chi connectivity index (χ0n) is 19.1. The van der Waals surface area contributed by atoms with Crippen molar-refractivity contribution in [1.82, 2.24) is 14.8 Å². The first-order valence-electron chi connectivity index (χ1n) is 11.1. The van der Waals surface area contributed by atoms with Gasteiger partial charge in [-0.3, -0.25) is 14.4 Å². The molecule has 1 aromatic heterocycles. The fourth-order valence-corrected chi connectivity index (χ4v) is 4.50. The van der Waals surface area contributed by atoms with E-state index >= 15 is 0 Å². The lowest BCUT2D eigenvalue weighted by atomic mass is 10.1. The van der Waals surface area contributed by atoms with E-state index in [-0.39, 0.29) is 46.9 Å². The second-order valence-corrected chi connectivity index (χ2v) is 8.83. The van der Waals surface area contributed by atoms with Gasteiger partial charge in [0.1, 0.15) is 30.3 Å². The number of benzene rings is 2. The molecule has 1 fully saturated rings. The maximum absolute atomic E-state index is 14.3. The highest BCUT2D eigenvalue weighted by atomic mass is 35.5. The molecule has 8 nitrogen and oxygen atoms in total. The Morgan fingerprint density at radius 2 is 1.97 bits per heavy atom. The average Bonchev–Trinajstić information content (AvgIpc) is 3.40. The Labute approximate surface area is 212 Å². The molecule has 2 atom stereocenters. The zero-order valence-corrected chi connectivity index (χ0v) is 19.9. The Morgan fingerprint density at radius 1 is 1.22 bits per heavy atom. The van der Waals surface area contributed by atoms with Gasteiger partial charge in [0.15, 0.2) is 0 Å². The van der Waals surface area contributed by atoms with E-state index in [0.29, 0.717) is 5.39 Å². The zero-order chi connectivity index (χ0) is 26.9. The maximum atomic E-state index is 14.3. The number of nitrogens with one attached hydrogen (secondary N) is 1. The highest BCUT2D eigenvalue weighted by Crippen LogP contribution is 2.28. The molecule has 1 aliphatic rings. The van der Waals surface area contributed by atoms with Crippen LogP contribution in [0, 0.1) is 5.82 Å². The largest absolute Gasteiger partial charge is 0.435 e. The van der Waals surface area contributed by atoms with Crippen molar-refractivity contribution in [3.8, 4) is 5.75 Å². The predicted molar refractivity (Wildman–Crippen MR) is 125 cm³/mol. The number of rotatable bonds is 8. The number of amides is 3. The number of nitrogens with zero attached hydrogens (tertiary/aromatic N) is 2. The number of aromatic nitrogens is 1. The lowest BCUT2D eigenvalue weighted by Crippen LogP contribution is -2.46. The topological polar surface area (TPSA) is 107 Å². The van der Waals surface area contributed by atoms with Gasteiger partial charge in [0.25, 0.3) is 5.91 Å². The normalized spacial score (nSPS) is 17.4. The van der Waals surface area contributed by atoms with E-state index in [4.69, 9.17) is 17.3 Å². The molecule has 0 radical (unpaired) electrons. The minimum Gasteiger partial charge on any atom is -0.435 e. The Kier molecular flexibility index (Phi) is 7.58. The molecule has 4 rings (SSSR count). The predicted octanol–water partition coefficient (Wildman–Crippen LogP) is 3.39. The number of fused-ring (bicyclic) bond motifs is 1. The van der Waals surface area contributed by atoms with Gasteiger partial charge in [-0.2, -0.15) is 8.78 Å². The Bertz CT molecular complexity index is 1370. The highest BCUT2D eigenvalue weighted by molar-refractivity contribution is 6.30. The van der Waals surface area contributed by atoms with E-state index in [2.05, 4.69) is 10.1 Å². The van der Waals surface area contributed by atoms with Gasteiger partial charge in [0.05, 0.1) is 22.6 Å². The summed E-state index contributed by atoms with van der Waals surface area (Å²) < 4.78 is 59.5. The number of halogens is 5. The van der Waals surface area contributed by atoms with E-state index in [0.717, 1.165) is 4.90 Å². The molecule has 3 aromatic rings. The fraction of sp³-hybridized carbons (Fsp3) is 0.292. The van der Waals surface area contributed by atoms with Gasteiger partial charge >= 0.3 is 6.61 Å². The van der Waals surface area contributed by atoms with E-state index < -0.39 is 48.9 Å². The van der Waals surface area contributed by atoms with Gasteiger partial charge in [-0.05, 0) is 18.2 Å². The summed E-state index contributed by atoms with van der Waals surface area (Å²) in [5.74, 6) is -3.07. The number of nitrogens with two attached hydrogens (primary N) is 1. The number of ether oxygens (including phenoxy) is 1. The molecule has 0 aliphatic carbocycles. The van der Waals surface area contributed by atoms with Crippen molar-refractivity contribution in [2.45, 2.75) is 38.3 Å². The molecule has 3 N–H and O–H groups in total. The molecule has 2 aromatic carbocycles. The Hall–Kier alpha value is -3.80. The maximum Gasteiger partial charge on any atom is 0.387 e. The third kappa shape index (κ3) is 5.63. The Balaban J connectivity index is 1.54. The summed E-state index contributed by atoms with van der Waals surface area (Å²) in [6.07, 6.45) is -0.464. The van der Waals surface area contributed by atoms with Gasteiger partial charge in [0, 0.05) is 36.2 Å². The average molecular weight is 541 g/mol. The van der Waals surface area contributed by atoms with E-state index in [1.807, 2.05) is 0 Å². The molecule has 0 unspecified atom stereocenters. The number of alkyl halides is 3. The minimum absolute atomic E-state index is 0.0361. The second-order valence-electron chi connectivity index (χ2n) is 8.42. The summed E-state index contributed by atoms with van der Waals surface area (Å²) in [7, 11) is 0. The molecule has 3 amide bonds.